The van der Waals surface area contributed by atoms with Gasteiger partial charge in [-0.25, -0.2) is 4.57 Å². The molecular formula is C22H29N6O8P. The van der Waals surface area contributed by atoms with Gasteiger partial charge in [0.1, 0.15) is 41.1 Å². The molecule has 0 saturated carbocycles. The van der Waals surface area contributed by atoms with Gasteiger partial charge < -0.3 is 40.2 Å². The van der Waals surface area contributed by atoms with Crippen molar-refractivity contribution < 1.29 is 38.1 Å². The number of benzene rings is 1. The number of anilines is 2. The summed E-state index contributed by atoms with van der Waals surface area (Å²) >= 11 is 0. The van der Waals surface area contributed by atoms with Crippen molar-refractivity contribution in [3.05, 3.63) is 42.6 Å². The zero-order valence-corrected chi connectivity index (χ0v) is 21.2. The maximum Gasteiger partial charge on any atom is 0.459 e. The first-order chi connectivity index (χ1) is 17.4. The molecule has 6 atom stereocenters. The lowest BCUT2D eigenvalue weighted by atomic mass is 9.96. The zero-order valence-electron chi connectivity index (χ0n) is 20.3. The molecule has 1 aliphatic rings. The summed E-state index contributed by atoms with van der Waals surface area (Å²) in [6.45, 7) is 2.32. The fourth-order valence-corrected chi connectivity index (χ4v) is 5.49. The first kappa shape index (κ1) is 26.8. The molecule has 1 aromatic carbocycles. The Bertz CT molecular complexity index is 1320. The third-order valence-electron chi connectivity index (χ3n) is 5.91. The Hall–Kier alpha value is -3.26. The molecule has 0 bridgehead atoms. The summed E-state index contributed by atoms with van der Waals surface area (Å²) in [7, 11) is -3.01. The van der Waals surface area contributed by atoms with Gasteiger partial charge in [0.2, 0.25) is 5.95 Å². The van der Waals surface area contributed by atoms with E-state index in [9.17, 15) is 19.6 Å². The van der Waals surface area contributed by atoms with E-state index in [2.05, 4.69) is 19.8 Å². The average molecular weight is 536 g/mol. The highest BCUT2D eigenvalue weighted by atomic mass is 31.2. The zero-order chi connectivity index (χ0) is 27.0. The number of nitrogens with zero attached hydrogens (tertiary/aromatic N) is 3. The number of methoxy groups -OCH3 is 1. The Morgan fingerprint density at radius 2 is 2.00 bits per heavy atom. The number of ether oxygens (including phenoxy) is 2. The minimum absolute atomic E-state index is 0.0761. The number of para-hydroxylation sites is 1. The molecule has 1 fully saturated rings. The normalized spacial score (nSPS) is 26.0. The Morgan fingerprint density at radius 1 is 1.30 bits per heavy atom. The summed E-state index contributed by atoms with van der Waals surface area (Å²) in [4.78, 5) is 20.0. The van der Waals surface area contributed by atoms with Crippen LogP contribution in [0.15, 0.2) is 42.6 Å². The maximum atomic E-state index is 13.6. The number of carbonyl (C=O) groups excluding carboxylic acids is 1. The van der Waals surface area contributed by atoms with Crippen LogP contribution in [-0.2, 0) is 23.4 Å². The summed E-state index contributed by atoms with van der Waals surface area (Å²) in [5.74, 6) is -0.417. The van der Waals surface area contributed by atoms with Crippen LogP contribution in [-0.4, -0.2) is 68.3 Å². The molecule has 15 heteroatoms. The quantitative estimate of drug-likeness (QED) is 0.191. The van der Waals surface area contributed by atoms with Crippen LogP contribution in [0.2, 0.25) is 0 Å². The number of aromatic nitrogens is 3. The van der Waals surface area contributed by atoms with Gasteiger partial charge >= 0.3 is 13.7 Å². The highest BCUT2D eigenvalue weighted by molar-refractivity contribution is 7.52. The second-order valence-corrected chi connectivity index (χ2v) is 10.4. The van der Waals surface area contributed by atoms with Crippen LogP contribution in [0.3, 0.4) is 0 Å². The summed E-state index contributed by atoms with van der Waals surface area (Å²) < 4.78 is 36.8. The fraction of sp³-hybridized carbons (Fsp3) is 0.409. The number of nitrogen functional groups attached to an aromatic ring is 2. The lowest BCUT2D eigenvalue weighted by molar-refractivity contribution is -0.142. The molecule has 7 N–H and O–H groups in total. The Kier molecular flexibility index (Phi) is 7.42. The van der Waals surface area contributed by atoms with E-state index in [4.69, 9.17) is 25.3 Å². The number of nitrogens with one attached hydrogen (secondary N) is 1. The number of aliphatic hydroxyl groups is 2. The van der Waals surface area contributed by atoms with Crippen molar-refractivity contribution in [3.63, 3.8) is 0 Å². The van der Waals surface area contributed by atoms with Crippen LogP contribution in [0.1, 0.15) is 20.1 Å². The van der Waals surface area contributed by atoms with Gasteiger partial charge in [0.05, 0.1) is 19.1 Å². The Morgan fingerprint density at radius 3 is 2.68 bits per heavy atom. The van der Waals surface area contributed by atoms with Crippen molar-refractivity contribution >= 4 is 36.5 Å². The number of hydrogen-bond donors (Lipinski definition) is 5. The first-order valence-corrected chi connectivity index (χ1v) is 12.8. The SMILES string of the molecule is COC(=O)[C@@H](C)NP(=O)(OC[C@H]1O[C@@H](n2ccc3c(N)nc(N)nc32)[C@](C)(O)[C@@H]1O)Oc1ccccc1. The van der Waals surface area contributed by atoms with Crippen LogP contribution >= 0.6 is 7.75 Å². The molecule has 14 nitrogen and oxygen atoms in total. The molecule has 1 unspecified atom stereocenters. The molecule has 0 spiro atoms. The predicted molar refractivity (Wildman–Crippen MR) is 132 cm³/mol. The van der Waals surface area contributed by atoms with Crippen molar-refractivity contribution in [2.75, 3.05) is 25.2 Å². The Labute approximate surface area is 212 Å². The number of nitrogens with two attached hydrogens (primary N) is 2. The van der Waals surface area contributed by atoms with E-state index in [-0.39, 0.29) is 23.2 Å². The monoisotopic (exact) mass is 536 g/mol. The largest absolute Gasteiger partial charge is 0.468 e. The third-order valence-corrected chi connectivity index (χ3v) is 7.55. The van der Waals surface area contributed by atoms with Gasteiger partial charge in [0, 0.05) is 6.20 Å². The molecule has 4 rings (SSSR count). The minimum atomic E-state index is -4.20. The van der Waals surface area contributed by atoms with E-state index >= 15 is 0 Å². The summed E-state index contributed by atoms with van der Waals surface area (Å²) in [5.41, 5.74) is 10.1. The van der Waals surface area contributed by atoms with Crippen molar-refractivity contribution in [2.24, 2.45) is 0 Å². The summed E-state index contributed by atoms with van der Waals surface area (Å²) in [5, 5.41) is 25.0. The number of rotatable bonds is 9. The van der Waals surface area contributed by atoms with Crippen molar-refractivity contribution in [2.45, 2.75) is 43.9 Å². The van der Waals surface area contributed by atoms with E-state index < -0.39 is 50.4 Å². The predicted octanol–water partition coefficient (Wildman–Crippen LogP) is 0.960. The third kappa shape index (κ3) is 5.39. The van der Waals surface area contributed by atoms with Gasteiger partial charge in [0.25, 0.3) is 0 Å². The lowest BCUT2D eigenvalue weighted by Crippen LogP contribution is -2.44. The second kappa shape index (κ2) is 10.2. The molecule has 0 radical (unpaired) electrons. The van der Waals surface area contributed by atoms with Crippen LogP contribution < -0.4 is 21.1 Å². The number of carbonyl (C=O) groups is 1. The lowest BCUT2D eigenvalue weighted by Gasteiger charge is -2.27. The van der Waals surface area contributed by atoms with Crippen LogP contribution in [0.4, 0.5) is 11.8 Å². The average Bonchev–Trinajstić information content (AvgIpc) is 3.36. The minimum Gasteiger partial charge on any atom is -0.468 e. The van der Waals surface area contributed by atoms with Crippen molar-refractivity contribution in [1.29, 1.82) is 0 Å². The van der Waals surface area contributed by atoms with Gasteiger partial charge in [-0.2, -0.15) is 15.1 Å². The molecule has 0 amide bonds. The van der Waals surface area contributed by atoms with E-state index in [1.165, 1.54) is 25.5 Å². The number of aliphatic hydroxyl groups excluding tert-OH is 1. The fourth-order valence-electron chi connectivity index (χ4n) is 3.99. The van der Waals surface area contributed by atoms with Crippen LogP contribution in [0.5, 0.6) is 5.75 Å². The van der Waals surface area contributed by atoms with Gasteiger partial charge in [-0.3, -0.25) is 9.32 Å². The van der Waals surface area contributed by atoms with E-state index in [0.29, 0.717) is 5.39 Å². The molecular weight excluding hydrogens is 507 g/mol. The Balaban J connectivity index is 1.56. The van der Waals surface area contributed by atoms with Gasteiger partial charge in [-0.15, -0.1) is 0 Å². The van der Waals surface area contributed by atoms with Crippen molar-refractivity contribution in [1.82, 2.24) is 19.6 Å². The van der Waals surface area contributed by atoms with Gasteiger partial charge in [0.15, 0.2) is 6.23 Å². The van der Waals surface area contributed by atoms with E-state index in [1.807, 2.05) is 0 Å². The summed E-state index contributed by atoms with van der Waals surface area (Å²) in [6.07, 6.45) is -2.21. The smallest absolute Gasteiger partial charge is 0.459 e. The molecule has 37 heavy (non-hydrogen) atoms. The molecule has 1 aliphatic heterocycles. The summed E-state index contributed by atoms with van der Waals surface area (Å²) in [6, 6.07) is 8.76. The number of fused-ring (bicyclic) bond motifs is 1. The highest BCUT2D eigenvalue weighted by Gasteiger charge is 2.54. The number of hydrogen-bond acceptors (Lipinski definition) is 12. The highest BCUT2D eigenvalue weighted by Crippen LogP contribution is 2.47. The molecule has 3 heterocycles. The maximum absolute atomic E-state index is 13.6. The van der Waals surface area contributed by atoms with Crippen molar-refractivity contribution in [3.8, 4) is 5.75 Å². The van der Waals surface area contributed by atoms with Gasteiger partial charge in [-0.05, 0) is 32.0 Å². The van der Waals surface area contributed by atoms with Crippen LogP contribution in [0.25, 0.3) is 11.0 Å². The number of esters is 1. The van der Waals surface area contributed by atoms with E-state index in [0.717, 1.165) is 0 Å². The topological polar surface area (TPSA) is 206 Å². The molecule has 200 valence electrons. The van der Waals surface area contributed by atoms with Crippen LogP contribution in [0, 0.1) is 0 Å². The van der Waals surface area contributed by atoms with Gasteiger partial charge in [-0.1, -0.05) is 18.2 Å². The standard InChI is InChI=1S/C22H29N6O8P/c1-12(19(30)33-3)27-37(32,36-13-7-5-4-6-8-13)34-11-15-16(29)22(2,31)20(35-15)28-10-9-14-17(23)25-21(24)26-18(14)28/h4-10,12,15-16,20,29,31H,11H2,1-3H3,(H,27,32)(H4,23,24,25,26)/t12-,15-,16-,20-,22-,37?/m1/s1. The molecule has 3 aromatic rings. The second-order valence-electron chi connectivity index (χ2n) is 8.70. The van der Waals surface area contributed by atoms with E-state index in [1.54, 1.807) is 42.6 Å². The molecule has 2 aromatic heterocycles. The first-order valence-electron chi connectivity index (χ1n) is 11.3. The molecule has 1 saturated heterocycles. The molecule has 0 aliphatic carbocycles.